The number of thioether (sulfide) groups is 1. The molecule has 0 aliphatic carbocycles. The zero-order valence-electron chi connectivity index (χ0n) is 18.3. The van der Waals surface area contributed by atoms with Crippen LogP contribution in [0.1, 0.15) is 30.0 Å². The molecule has 1 N–H and O–H groups in total. The Morgan fingerprint density at radius 1 is 1.19 bits per heavy atom. The minimum atomic E-state index is -0.134. The monoisotopic (exact) mass is 467 g/mol. The quantitative estimate of drug-likeness (QED) is 0.308. The second kappa shape index (κ2) is 9.70. The molecular weight excluding hydrogens is 442 g/mol. The van der Waals surface area contributed by atoms with Crippen LogP contribution in [-0.4, -0.2) is 31.0 Å². The first-order valence-corrected chi connectivity index (χ1v) is 12.4. The smallest absolute Gasteiger partial charge is 0.280 e. The van der Waals surface area contributed by atoms with Crippen LogP contribution in [0.2, 0.25) is 0 Å². The van der Waals surface area contributed by atoms with Crippen LogP contribution < -0.4 is 10.9 Å². The molecule has 166 valence electrons. The lowest BCUT2D eigenvalue weighted by Crippen LogP contribution is -2.26. The summed E-state index contributed by atoms with van der Waals surface area (Å²) in [4.78, 5) is 31.9. The van der Waals surface area contributed by atoms with Crippen molar-refractivity contribution in [2.75, 3.05) is 11.1 Å². The molecule has 0 radical (unpaired) electrons. The molecule has 1 aromatic carbocycles. The number of benzene rings is 1. The number of amides is 1. The largest absolute Gasteiger partial charge is 0.325 e. The summed E-state index contributed by atoms with van der Waals surface area (Å²) >= 11 is 2.86. The molecule has 3 aromatic heterocycles. The van der Waals surface area contributed by atoms with E-state index in [9.17, 15) is 9.59 Å². The molecule has 0 saturated heterocycles. The third-order valence-corrected chi connectivity index (χ3v) is 7.02. The van der Waals surface area contributed by atoms with Gasteiger partial charge in [-0.25, -0.2) is 4.98 Å². The molecule has 0 aliphatic heterocycles. The minimum Gasteiger partial charge on any atom is -0.325 e. The van der Waals surface area contributed by atoms with E-state index in [1.165, 1.54) is 11.8 Å². The van der Waals surface area contributed by atoms with Crippen molar-refractivity contribution in [3.8, 4) is 0 Å². The van der Waals surface area contributed by atoms with Gasteiger partial charge in [-0.1, -0.05) is 43.0 Å². The van der Waals surface area contributed by atoms with Gasteiger partial charge in [0.05, 0.1) is 18.0 Å². The van der Waals surface area contributed by atoms with Crippen LogP contribution >= 0.6 is 23.1 Å². The van der Waals surface area contributed by atoms with E-state index >= 15 is 0 Å². The van der Waals surface area contributed by atoms with E-state index in [0.717, 1.165) is 22.5 Å². The number of hydrogen-bond acceptors (Lipinski definition) is 6. The summed E-state index contributed by atoms with van der Waals surface area (Å²) in [6, 6.07) is 11.7. The number of hydrogen-bond donors (Lipinski definition) is 1. The van der Waals surface area contributed by atoms with Gasteiger partial charge < -0.3 is 5.32 Å². The Morgan fingerprint density at radius 3 is 2.72 bits per heavy atom. The maximum atomic E-state index is 13.4. The predicted molar refractivity (Wildman–Crippen MR) is 131 cm³/mol. The molecule has 9 heteroatoms. The lowest BCUT2D eigenvalue weighted by molar-refractivity contribution is -0.113. The number of anilines is 1. The molecule has 0 spiro atoms. The van der Waals surface area contributed by atoms with Crippen LogP contribution in [-0.2, 0) is 24.3 Å². The van der Waals surface area contributed by atoms with Crippen LogP contribution in [0.15, 0.2) is 51.7 Å². The molecule has 4 aromatic rings. The fourth-order valence-corrected chi connectivity index (χ4v) is 5.08. The van der Waals surface area contributed by atoms with Gasteiger partial charge in [-0.15, -0.1) is 11.3 Å². The fraction of sp³-hybridized carbons (Fsp3) is 0.304. The van der Waals surface area contributed by atoms with E-state index in [1.54, 1.807) is 20.6 Å². The average molecular weight is 468 g/mol. The summed E-state index contributed by atoms with van der Waals surface area (Å²) in [5.41, 5.74) is 3.59. The number of nitrogens with one attached hydrogen (secondary N) is 1. The molecule has 4 rings (SSSR count). The van der Waals surface area contributed by atoms with Crippen LogP contribution in [0.4, 0.5) is 5.69 Å². The summed E-state index contributed by atoms with van der Waals surface area (Å²) in [5, 5.41) is 9.96. The highest BCUT2D eigenvalue weighted by Gasteiger charge is 2.19. The predicted octanol–water partition coefficient (Wildman–Crippen LogP) is 4.32. The van der Waals surface area contributed by atoms with Gasteiger partial charge in [0.2, 0.25) is 5.91 Å². The Balaban J connectivity index is 1.65. The van der Waals surface area contributed by atoms with E-state index in [4.69, 9.17) is 4.98 Å². The SMILES string of the molecule is CCc1ccccc1NC(=O)CSc1nc2c(C)nn(CC)c2c(=O)n1Cc1cccs1. The molecule has 0 fully saturated rings. The zero-order chi connectivity index (χ0) is 22.7. The number of rotatable bonds is 8. The van der Waals surface area contributed by atoms with Gasteiger partial charge in [-0.2, -0.15) is 5.10 Å². The standard InChI is InChI=1S/C23H25N5O2S2/c1-4-16-9-6-7-11-18(16)24-19(29)14-32-23-25-20-15(3)26-28(5-2)21(20)22(30)27(23)13-17-10-8-12-31-17/h6-12H,4-5,13-14H2,1-3H3,(H,24,29). The molecular formula is C23H25N5O2S2. The molecule has 32 heavy (non-hydrogen) atoms. The van der Waals surface area contributed by atoms with Crippen molar-refractivity contribution in [3.63, 3.8) is 0 Å². The zero-order valence-corrected chi connectivity index (χ0v) is 19.9. The number of nitrogens with zero attached hydrogens (tertiary/aromatic N) is 4. The fourth-order valence-electron chi connectivity index (χ4n) is 3.59. The maximum absolute atomic E-state index is 13.4. The first-order valence-electron chi connectivity index (χ1n) is 10.5. The minimum absolute atomic E-state index is 0.131. The Hall–Kier alpha value is -2.91. The van der Waals surface area contributed by atoms with Crippen molar-refractivity contribution in [1.29, 1.82) is 0 Å². The van der Waals surface area contributed by atoms with Crippen molar-refractivity contribution in [1.82, 2.24) is 19.3 Å². The van der Waals surface area contributed by atoms with Gasteiger partial charge in [0.25, 0.3) is 5.56 Å². The highest BCUT2D eigenvalue weighted by molar-refractivity contribution is 7.99. The van der Waals surface area contributed by atoms with Crippen molar-refractivity contribution in [2.24, 2.45) is 0 Å². The van der Waals surface area contributed by atoms with E-state index in [2.05, 4.69) is 17.3 Å². The summed E-state index contributed by atoms with van der Waals surface area (Å²) < 4.78 is 3.35. The van der Waals surface area contributed by atoms with Gasteiger partial charge in [-0.3, -0.25) is 18.8 Å². The molecule has 0 saturated carbocycles. The Bertz CT molecular complexity index is 1310. The topological polar surface area (TPSA) is 81.8 Å². The molecule has 0 unspecified atom stereocenters. The summed E-state index contributed by atoms with van der Waals surface area (Å²) in [5.74, 6) is 0.0235. The van der Waals surface area contributed by atoms with Crippen LogP contribution in [0.5, 0.6) is 0 Å². The molecule has 7 nitrogen and oxygen atoms in total. The summed E-state index contributed by atoms with van der Waals surface area (Å²) in [6.45, 7) is 6.87. The normalized spacial score (nSPS) is 11.2. The molecule has 0 atom stereocenters. The molecule has 3 heterocycles. The van der Waals surface area contributed by atoms with Crippen molar-refractivity contribution in [3.05, 3.63) is 68.3 Å². The van der Waals surface area contributed by atoms with E-state index in [1.807, 2.05) is 55.6 Å². The van der Waals surface area contributed by atoms with Gasteiger partial charge >= 0.3 is 0 Å². The molecule has 0 bridgehead atoms. The van der Waals surface area contributed by atoms with Crippen LogP contribution in [0, 0.1) is 6.92 Å². The Kier molecular flexibility index (Phi) is 6.76. The Morgan fingerprint density at radius 2 is 2.00 bits per heavy atom. The first-order chi connectivity index (χ1) is 15.5. The maximum Gasteiger partial charge on any atom is 0.280 e. The summed E-state index contributed by atoms with van der Waals surface area (Å²) in [7, 11) is 0. The first kappa shape index (κ1) is 22.3. The van der Waals surface area contributed by atoms with Gasteiger partial charge in [0.1, 0.15) is 5.52 Å². The van der Waals surface area contributed by atoms with Crippen LogP contribution in [0.3, 0.4) is 0 Å². The van der Waals surface area contributed by atoms with Crippen molar-refractivity contribution < 1.29 is 4.79 Å². The number of fused-ring (bicyclic) bond motifs is 1. The number of carbonyl (C=O) groups excluding carboxylic acids is 1. The third kappa shape index (κ3) is 4.49. The Labute approximate surface area is 194 Å². The van der Waals surface area contributed by atoms with Crippen molar-refractivity contribution >= 4 is 45.7 Å². The number of aromatic nitrogens is 4. The summed E-state index contributed by atoms with van der Waals surface area (Å²) in [6.07, 6.45) is 0.836. The lowest BCUT2D eigenvalue weighted by atomic mass is 10.1. The highest BCUT2D eigenvalue weighted by atomic mass is 32.2. The van der Waals surface area contributed by atoms with Crippen LogP contribution in [0.25, 0.3) is 11.0 Å². The second-order valence-electron chi connectivity index (χ2n) is 7.31. The third-order valence-electron chi connectivity index (χ3n) is 5.18. The van der Waals surface area contributed by atoms with E-state index < -0.39 is 0 Å². The second-order valence-corrected chi connectivity index (χ2v) is 9.29. The average Bonchev–Trinajstić information content (AvgIpc) is 3.42. The number of aryl methyl sites for hydroxylation is 3. The molecule has 0 aliphatic rings. The lowest BCUT2D eigenvalue weighted by Gasteiger charge is -2.13. The van der Waals surface area contributed by atoms with Gasteiger partial charge in [0.15, 0.2) is 10.7 Å². The number of thiophene rings is 1. The van der Waals surface area contributed by atoms with E-state index in [-0.39, 0.29) is 17.2 Å². The highest BCUT2D eigenvalue weighted by Crippen LogP contribution is 2.23. The van der Waals surface area contributed by atoms with Gasteiger partial charge in [0, 0.05) is 17.1 Å². The number of para-hydroxylation sites is 1. The molecule has 1 amide bonds. The van der Waals surface area contributed by atoms with Crippen molar-refractivity contribution in [2.45, 2.75) is 45.4 Å². The van der Waals surface area contributed by atoms with E-state index in [0.29, 0.717) is 35.0 Å². The number of carbonyl (C=O) groups is 1. The van der Waals surface area contributed by atoms with Gasteiger partial charge in [-0.05, 0) is 43.3 Å².